The van der Waals surface area contributed by atoms with Gasteiger partial charge in [0.05, 0.1) is 11.3 Å². The number of carbonyl (C=O) groups excluding carboxylic acids is 1. The summed E-state index contributed by atoms with van der Waals surface area (Å²) in [5.74, 6) is 0.538. The molecule has 1 fully saturated rings. The maximum atomic E-state index is 12.3. The number of nitrogens with one attached hydrogen (secondary N) is 1. The second-order valence-corrected chi connectivity index (χ2v) is 8.11. The molecule has 0 spiro atoms. The summed E-state index contributed by atoms with van der Waals surface area (Å²) in [6.07, 6.45) is 5.51. The van der Waals surface area contributed by atoms with E-state index < -0.39 is 0 Å². The fourth-order valence-electron chi connectivity index (χ4n) is 3.68. The van der Waals surface area contributed by atoms with Crippen molar-refractivity contribution in [2.75, 3.05) is 5.75 Å². The molecule has 138 valence electrons. The quantitative estimate of drug-likeness (QED) is 0.617. The monoisotopic (exact) mass is 376 g/mol. The maximum Gasteiger partial charge on any atom is 0.230 e. The van der Waals surface area contributed by atoms with Gasteiger partial charge in [-0.25, -0.2) is 4.98 Å². The van der Waals surface area contributed by atoms with Crippen molar-refractivity contribution in [3.63, 3.8) is 0 Å². The Kier molecular flexibility index (Phi) is 5.73. The maximum absolute atomic E-state index is 12.3. The van der Waals surface area contributed by atoms with Crippen LogP contribution >= 0.6 is 11.8 Å². The average Bonchev–Trinajstić information content (AvgIpc) is 3.20. The van der Waals surface area contributed by atoms with Crippen LogP contribution in [0.5, 0.6) is 0 Å². The lowest BCUT2D eigenvalue weighted by Crippen LogP contribution is -2.33. The highest BCUT2D eigenvalue weighted by Gasteiger charge is 2.18. The summed E-state index contributed by atoms with van der Waals surface area (Å²) in [5.41, 5.74) is 3.42. The zero-order valence-electron chi connectivity index (χ0n) is 15.4. The van der Waals surface area contributed by atoms with Crippen LogP contribution in [0.15, 0.2) is 65.7 Å². The van der Waals surface area contributed by atoms with Gasteiger partial charge < -0.3 is 5.32 Å². The van der Waals surface area contributed by atoms with Crippen LogP contribution in [0.3, 0.4) is 0 Å². The SMILES string of the molecule is O=C(CSc1nc2ccccc2cc1Cc1ccccc1)NC1CCCC1. The van der Waals surface area contributed by atoms with Gasteiger partial charge in [-0.1, -0.05) is 73.1 Å². The smallest absolute Gasteiger partial charge is 0.230 e. The topological polar surface area (TPSA) is 42.0 Å². The summed E-state index contributed by atoms with van der Waals surface area (Å²) in [7, 11) is 0. The molecule has 3 aromatic rings. The number of para-hydroxylation sites is 1. The molecule has 27 heavy (non-hydrogen) atoms. The summed E-state index contributed by atoms with van der Waals surface area (Å²) < 4.78 is 0. The van der Waals surface area contributed by atoms with Crippen LogP contribution in [0.25, 0.3) is 10.9 Å². The molecule has 0 aliphatic heterocycles. The first kappa shape index (κ1) is 18.1. The van der Waals surface area contributed by atoms with E-state index in [2.05, 4.69) is 41.7 Å². The molecule has 1 heterocycles. The van der Waals surface area contributed by atoms with E-state index >= 15 is 0 Å². The first-order valence-corrected chi connectivity index (χ1v) is 10.6. The molecule has 1 aliphatic carbocycles. The Morgan fingerprint density at radius 2 is 1.78 bits per heavy atom. The third kappa shape index (κ3) is 4.69. The molecule has 0 saturated heterocycles. The zero-order chi connectivity index (χ0) is 18.5. The van der Waals surface area contributed by atoms with Gasteiger partial charge in [0.15, 0.2) is 0 Å². The van der Waals surface area contributed by atoms with Gasteiger partial charge in [-0.2, -0.15) is 0 Å². The van der Waals surface area contributed by atoms with E-state index in [1.54, 1.807) is 11.8 Å². The number of thioether (sulfide) groups is 1. The van der Waals surface area contributed by atoms with Crippen molar-refractivity contribution < 1.29 is 4.79 Å². The van der Waals surface area contributed by atoms with Gasteiger partial charge >= 0.3 is 0 Å². The van der Waals surface area contributed by atoms with Crippen molar-refractivity contribution in [1.82, 2.24) is 10.3 Å². The van der Waals surface area contributed by atoms with Gasteiger partial charge in [0.2, 0.25) is 5.91 Å². The van der Waals surface area contributed by atoms with Crippen LogP contribution in [0.4, 0.5) is 0 Å². The minimum atomic E-state index is 0.118. The number of pyridine rings is 1. The molecule has 1 aromatic heterocycles. The fraction of sp³-hybridized carbons (Fsp3) is 0.304. The highest BCUT2D eigenvalue weighted by atomic mass is 32.2. The predicted octanol–water partition coefficient (Wildman–Crippen LogP) is 4.98. The first-order chi connectivity index (χ1) is 13.3. The molecule has 0 radical (unpaired) electrons. The minimum absolute atomic E-state index is 0.118. The van der Waals surface area contributed by atoms with Crippen LogP contribution in [0, 0.1) is 0 Å². The van der Waals surface area contributed by atoms with E-state index in [0.717, 1.165) is 35.2 Å². The summed E-state index contributed by atoms with van der Waals surface area (Å²) in [6.45, 7) is 0. The normalized spacial score (nSPS) is 14.5. The van der Waals surface area contributed by atoms with Gasteiger partial charge in [-0.05, 0) is 36.1 Å². The van der Waals surface area contributed by atoms with Crippen LogP contribution in [-0.4, -0.2) is 22.7 Å². The van der Waals surface area contributed by atoms with E-state index in [9.17, 15) is 4.79 Å². The number of hydrogen-bond donors (Lipinski definition) is 1. The molecule has 1 amide bonds. The molecular weight excluding hydrogens is 352 g/mol. The summed E-state index contributed by atoms with van der Waals surface area (Å²) in [6, 6.07) is 21.2. The molecule has 1 aliphatic rings. The van der Waals surface area contributed by atoms with E-state index in [1.807, 2.05) is 24.3 Å². The number of nitrogens with zero attached hydrogens (tertiary/aromatic N) is 1. The van der Waals surface area contributed by atoms with Crippen molar-refractivity contribution in [2.24, 2.45) is 0 Å². The Bertz CT molecular complexity index is 920. The second kappa shape index (κ2) is 8.57. The Hall–Kier alpha value is -2.33. The lowest BCUT2D eigenvalue weighted by atomic mass is 10.0. The lowest BCUT2D eigenvalue weighted by Gasteiger charge is -2.13. The van der Waals surface area contributed by atoms with Crippen LogP contribution in [0.2, 0.25) is 0 Å². The van der Waals surface area contributed by atoms with Gasteiger partial charge in [-0.15, -0.1) is 0 Å². The molecule has 0 atom stereocenters. The number of rotatable bonds is 6. The van der Waals surface area contributed by atoms with E-state index in [1.165, 1.54) is 24.0 Å². The molecule has 4 rings (SSSR count). The fourth-order valence-corrected chi connectivity index (χ4v) is 4.51. The number of hydrogen-bond acceptors (Lipinski definition) is 3. The zero-order valence-corrected chi connectivity index (χ0v) is 16.2. The van der Waals surface area contributed by atoms with Crippen molar-refractivity contribution in [3.05, 3.63) is 71.8 Å². The lowest BCUT2D eigenvalue weighted by molar-refractivity contribution is -0.119. The number of fused-ring (bicyclic) bond motifs is 1. The Labute approximate surface area is 164 Å². The molecule has 4 heteroatoms. The van der Waals surface area contributed by atoms with Crippen LogP contribution in [-0.2, 0) is 11.2 Å². The number of amides is 1. The molecule has 1 N–H and O–H groups in total. The van der Waals surface area contributed by atoms with Crippen molar-refractivity contribution in [3.8, 4) is 0 Å². The second-order valence-electron chi connectivity index (χ2n) is 7.15. The van der Waals surface area contributed by atoms with E-state index in [0.29, 0.717) is 11.8 Å². The average molecular weight is 377 g/mol. The summed E-state index contributed by atoms with van der Waals surface area (Å²) >= 11 is 1.55. The summed E-state index contributed by atoms with van der Waals surface area (Å²) in [5, 5.41) is 5.27. The van der Waals surface area contributed by atoms with Gasteiger partial charge in [0, 0.05) is 17.8 Å². The number of carbonyl (C=O) groups is 1. The minimum Gasteiger partial charge on any atom is -0.353 e. The molecule has 0 bridgehead atoms. The molecule has 1 saturated carbocycles. The van der Waals surface area contributed by atoms with Crippen LogP contribution < -0.4 is 5.32 Å². The Morgan fingerprint density at radius 3 is 2.59 bits per heavy atom. The molecule has 2 aromatic carbocycles. The van der Waals surface area contributed by atoms with Crippen molar-refractivity contribution in [2.45, 2.75) is 43.2 Å². The Morgan fingerprint density at radius 1 is 1.04 bits per heavy atom. The first-order valence-electron chi connectivity index (χ1n) is 9.63. The highest BCUT2D eigenvalue weighted by molar-refractivity contribution is 7.99. The van der Waals surface area contributed by atoms with Crippen molar-refractivity contribution >= 4 is 28.6 Å². The summed E-state index contributed by atoms with van der Waals surface area (Å²) in [4.78, 5) is 17.2. The highest BCUT2D eigenvalue weighted by Crippen LogP contribution is 2.27. The largest absolute Gasteiger partial charge is 0.353 e. The number of benzene rings is 2. The molecular formula is C23H24N2OS. The third-order valence-electron chi connectivity index (χ3n) is 5.06. The predicted molar refractivity (Wildman–Crippen MR) is 112 cm³/mol. The Balaban J connectivity index is 1.53. The standard InChI is InChI=1S/C23H24N2OS/c26-22(24-20-11-5-6-12-20)16-27-23-19(14-17-8-2-1-3-9-17)15-18-10-4-7-13-21(18)25-23/h1-4,7-10,13,15,20H,5-6,11-12,14,16H2,(H,24,26). The van der Waals surface area contributed by atoms with Gasteiger partial charge in [0.25, 0.3) is 0 Å². The van der Waals surface area contributed by atoms with Gasteiger partial charge in [-0.3, -0.25) is 4.79 Å². The van der Waals surface area contributed by atoms with E-state index in [4.69, 9.17) is 4.98 Å². The van der Waals surface area contributed by atoms with E-state index in [-0.39, 0.29) is 5.91 Å². The van der Waals surface area contributed by atoms with Crippen molar-refractivity contribution in [1.29, 1.82) is 0 Å². The molecule has 3 nitrogen and oxygen atoms in total. The third-order valence-corrected chi connectivity index (χ3v) is 6.09. The van der Waals surface area contributed by atoms with Gasteiger partial charge in [0.1, 0.15) is 5.03 Å². The molecule has 0 unspecified atom stereocenters. The van der Waals surface area contributed by atoms with Crippen LogP contribution in [0.1, 0.15) is 36.8 Å². The number of aromatic nitrogens is 1.